The Kier molecular flexibility index (Phi) is 2.80. The Morgan fingerprint density at radius 1 is 0.867 bits per heavy atom. The molecule has 5 heteroatoms. The third-order valence-corrected chi connectivity index (χ3v) is 4.06. The molecule has 4 nitrogen and oxygen atoms in total. The van der Waals surface area contributed by atoms with Gasteiger partial charge in [0.05, 0.1) is 5.69 Å². The maximum Gasteiger partial charge on any atom is 0.240 e. The van der Waals surface area contributed by atoms with Crippen molar-refractivity contribution in [2.24, 2.45) is 5.14 Å². The zero-order valence-electron chi connectivity index (χ0n) is 9.38. The highest BCUT2D eigenvalue weighted by molar-refractivity contribution is 7.89. The minimum atomic E-state index is -3.75. The van der Waals surface area contributed by atoms with Crippen molar-refractivity contribution in [1.29, 1.82) is 0 Å². The second kappa shape index (κ2) is 3.50. The first-order valence-corrected chi connectivity index (χ1v) is 6.11. The number of primary sulfonamides is 1. The Bertz CT molecular complexity index is 490. The molecule has 0 bridgehead atoms. The molecule has 0 amide bonds. The number of nitrogen functional groups attached to an aromatic ring is 1. The lowest BCUT2D eigenvalue weighted by Gasteiger charge is -2.16. The molecule has 0 aromatic heterocycles. The van der Waals surface area contributed by atoms with Gasteiger partial charge < -0.3 is 5.73 Å². The zero-order valence-corrected chi connectivity index (χ0v) is 10.2. The fourth-order valence-electron chi connectivity index (χ4n) is 1.67. The van der Waals surface area contributed by atoms with E-state index in [9.17, 15) is 8.42 Å². The molecule has 0 radical (unpaired) electrons. The Morgan fingerprint density at radius 2 is 1.27 bits per heavy atom. The number of rotatable bonds is 1. The van der Waals surface area contributed by atoms with Crippen LogP contribution in [0.4, 0.5) is 5.69 Å². The van der Waals surface area contributed by atoms with E-state index in [1.165, 1.54) is 0 Å². The molecule has 15 heavy (non-hydrogen) atoms. The molecule has 0 aliphatic rings. The van der Waals surface area contributed by atoms with Crippen LogP contribution in [0.15, 0.2) is 4.90 Å². The van der Waals surface area contributed by atoms with Crippen LogP contribution in [0.3, 0.4) is 0 Å². The lowest BCUT2D eigenvalue weighted by atomic mass is 9.98. The number of nitrogens with two attached hydrogens (primary N) is 2. The van der Waals surface area contributed by atoms with Crippen LogP contribution >= 0.6 is 0 Å². The van der Waals surface area contributed by atoms with Crippen molar-refractivity contribution in [3.63, 3.8) is 0 Å². The van der Waals surface area contributed by atoms with Crippen molar-refractivity contribution < 1.29 is 8.42 Å². The van der Waals surface area contributed by atoms with Gasteiger partial charge in [-0.15, -0.1) is 0 Å². The van der Waals surface area contributed by atoms with E-state index in [-0.39, 0.29) is 10.6 Å². The summed E-state index contributed by atoms with van der Waals surface area (Å²) >= 11 is 0. The average Bonchev–Trinajstić information content (AvgIpc) is 2.09. The van der Waals surface area contributed by atoms with Crippen molar-refractivity contribution in [2.75, 3.05) is 5.73 Å². The van der Waals surface area contributed by atoms with Crippen molar-refractivity contribution in [3.8, 4) is 0 Å². The van der Waals surface area contributed by atoms with Crippen LogP contribution in [0, 0.1) is 27.7 Å². The van der Waals surface area contributed by atoms with Crippen LogP contribution in [0.1, 0.15) is 22.3 Å². The molecule has 1 rings (SSSR count). The van der Waals surface area contributed by atoms with Crippen LogP contribution in [-0.2, 0) is 10.0 Å². The molecule has 0 saturated heterocycles. The maximum absolute atomic E-state index is 11.4. The van der Waals surface area contributed by atoms with Crippen LogP contribution in [0.25, 0.3) is 0 Å². The van der Waals surface area contributed by atoms with E-state index in [2.05, 4.69) is 0 Å². The molecule has 0 heterocycles. The maximum atomic E-state index is 11.4. The molecule has 0 fully saturated rings. The van der Waals surface area contributed by atoms with Crippen LogP contribution in [0.2, 0.25) is 0 Å². The highest BCUT2D eigenvalue weighted by Gasteiger charge is 2.20. The minimum absolute atomic E-state index is 0.0584. The van der Waals surface area contributed by atoms with Crippen molar-refractivity contribution >= 4 is 15.7 Å². The Labute approximate surface area is 90.3 Å². The number of hydrogen-bond acceptors (Lipinski definition) is 3. The molecule has 0 spiro atoms. The first-order valence-electron chi connectivity index (χ1n) is 4.56. The quantitative estimate of drug-likeness (QED) is 0.707. The molecule has 0 aliphatic carbocycles. The van der Waals surface area contributed by atoms with Crippen molar-refractivity contribution in [3.05, 3.63) is 22.3 Å². The number of anilines is 1. The first kappa shape index (κ1) is 12.0. The largest absolute Gasteiger partial charge is 0.397 e. The molecule has 1 aromatic carbocycles. The van der Waals surface area contributed by atoms with Gasteiger partial charge in [0.15, 0.2) is 0 Å². The summed E-state index contributed by atoms with van der Waals surface area (Å²) in [6.45, 7) is 7.30. The van der Waals surface area contributed by atoms with E-state index in [1.54, 1.807) is 13.8 Å². The summed E-state index contributed by atoms with van der Waals surface area (Å²) in [5, 5.41) is 5.14. The third kappa shape index (κ3) is 1.85. The zero-order chi connectivity index (χ0) is 12.0. The van der Waals surface area contributed by atoms with E-state index in [1.807, 2.05) is 13.8 Å². The Balaban J connectivity index is 3.84. The summed E-state index contributed by atoms with van der Waals surface area (Å²) < 4.78 is 22.8. The van der Waals surface area contributed by atoms with Gasteiger partial charge in [0.1, 0.15) is 4.90 Å². The molecule has 1 aromatic rings. The van der Waals surface area contributed by atoms with Crippen LogP contribution in [-0.4, -0.2) is 8.42 Å². The molecule has 0 saturated carbocycles. The van der Waals surface area contributed by atoms with Crippen molar-refractivity contribution in [1.82, 2.24) is 0 Å². The minimum Gasteiger partial charge on any atom is -0.397 e. The number of hydrogen-bond donors (Lipinski definition) is 2. The van der Waals surface area contributed by atoms with Gasteiger partial charge in [-0.05, 0) is 49.9 Å². The van der Waals surface area contributed by atoms with Gasteiger partial charge >= 0.3 is 0 Å². The molecule has 4 N–H and O–H groups in total. The summed E-state index contributed by atoms with van der Waals surface area (Å²) in [6.07, 6.45) is 0. The van der Waals surface area contributed by atoms with Gasteiger partial charge in [0.2, 0.25) is 10.0 Å². The highest BCUT2D eigenvalue weighted by atomic mass is 32.2. The lowest BCUT2D eigenvalue weighted by Crippen LogP contribution is -2.18. The predicted molar refractivity (Wildman–Crippen MR) is 61.2 cm³/mol. The van der Waals surface area contributed by atoms with Crippen LogP contribution in [0.5, 0.6) is 0 Å². The normalized spacial score (nSPS) is 11.8. The summed E-state index contributed by atoms with van der Waals surface area (Å²) in [5.74, 6) is 0. The second-order valence-electron chi connectivity index (χ2n) is 3.79. The van der Waals surface area contributed by atoms with E-state index in [4.69, 9.17) is 10.9 Å². The fourth-order valence-corrected chi connectivity index (χ4v) is 2.71. The van der Waals surface area contributed by atoms with Gasteiger partial charge in [0, 0.05) is 0 Å². The van der Waals surface area contributed by atoms with Gasteiger partial charge in [-0.2, -0.15) is 0 Å². The molecule has 84 valence electrons. The Hall–Kier alpha value is -1.07. The molecule has 0 atom stereocenters. The van der Waals surface area contributed by atoms with Crippen molar-refractivity contribution in [2.45, 2.75) is 32.6 Å². The SMILES string of the molecule is Cc1c(C)c(C)c(S(N)(=O)=O)c(N)c1C. The summed E-state index contributed by atoms with van der Waals surface area (Å²) in [7, 11) is -3.75. The fraction of sp³-hybridized carbons (Fsp3) is 0.400. The second-order valence-corrected chi connectivity index (χ2v) is 5.29. The average molecular weight is 228 g/mol. The van der Waals surface area contributed by atoms with E-state index in [0.29, 0.717) is 5.56 Å². The van der Waals surface area contributed by atoms with Gasteiger partial charge in [0.25, 0.3) is 0 Å². The lowest BCUT2D eigenvalue weighted by molar-refractivity contribution is 0.597. The van der Waals surface area contributed by atoms with E-state index >= 15 is 0 Å². The highest BCUT2D eigenvalue weighted by Crippen LogP contribution is 2.30. The monoisotopic (exact) mass is 228 g/mol. The standard InChI is InChI=1S/C10H16N2O2S/c1-5-6(2)8(4)10(15(12,13)14)9(11)7(5)3/h11H2,1-4H3,(H2,12,13,14). The molecule has 0 unspecified atom stereocenters. The smallest absolute Gasteiger partial charge is 0.240 e. The van der Waals surface area contributed by atoms with E-state index < -0.39 is 10.0 Å². The summed E-state index contributed by atoms with van der Waals surface area (Å²) in [6, 6.07) is 0. The number of sulfonamides is 1. The van der Waals surface area contributed by atoms with Crippen LogP contribution < -0.4 is 10.9 Å². The number of benzene rings is 1. The molecular formula is C10H16N2O2S. The topological polar surface area (TPSA) is 86.2 Å². The van der Waals surface area contributed by atoms with Gasteiger partial charge in [-0.25, -0.2) is 13.6 Å². The third-order valence-electron chi connectivity index (χ3n) is 2.96. The summed E-state index contributed by atoms with van der Waals surface area (Å²) in [5.41, 5.74) is 9.39. The van der Waals surface area contributed by atoms with Gasteiger partial charge in [-0.1, -0.05) is 0 Å². The summed E-state index contributed by atoms with van der Waals surface area (Å²) in [4.78, 5) is 0.0584. The van der Waals surface area contributed by atoms with Gasteiger partial charge in [-0.3, -0.25) is 0 Å². The first-order chi connectivity index (χ1) is 6.68. The van der Waals surface area contributed by atoms with E-state index in [0.717, 1.165) is 16.7 Å². The molecule has 0 aliphatic heterocycles. The predicted octanol–water partition coefficient (Wildman–Crippen LogP) is 1.15. The molecular weight excluding hydrogens is 212 g/mol. The Morgan fingerprint density at radius 3 is 1.67 bits per heavy atom.